The summed E-state index contributed by atoms with van der Waals surface area (Å²) in [5, 5.41) is 10.9. The molecular formula is C17H21N7O2. The number of anilines is 1. The van der Waals surface area contributed by atoms with Gasteiger partial charge in [-0.15, -0.1) is 0 Å². The summed E-state index contributed by atoms with van der Waals surface area (Å²) >= 11 is 0. The van der Waals surface area contributed by atoms with Crippen LogP contribution in [0.4, 0.5) is 10.6 Å². The number of hydrazine groups is 1. The van der Waals surface area contributed by atoms with Crippen LogP contribution < -0.4 is 10.4 Å². The summed E-state index contributed by atoms with van der Waals surface area (Å²) in [6.45, 7) is 5.72. The van der Waals surface area contributed by atoms with Crippen LogP contribution >= 0.6 is 0 Å². The Morgan fingerprint density at radius 1 is 1.50 bits per heavy atom. The first kappa shape index (κ1) is 17.7. The van der Waals surface area contributed by atoms with Gasteiger partial charge in [0.1, 0.15) is 6.07 Å². The van der Waals surface area contributed by atoms with Gasteiger partial charge in [0.2, 0.25) is 5.82 Å². The second-order valence-corrected chi connectivity index (χ2v) is 6.47. The zero-order valence-electron chi connectivity index (χ0n) is 14.9. The third-order valence-electron chi connectivity index (χ3n) is 4.31. The largest absolute Gasteiger partial charge is 0.431 e. The summed E-state index contributed by atoms with van der Waals surface area (Å²) in [4.78, 5) is 25.0. The maximum absolute atomic E-state index is 12.1. The highest BCUT2D eigenvalue weighted by atomic mass is 16.6. The molecule has 0 aromatic carbocycles. The average Bonchev–Trinajstić information content (AvgIpc) is 3.23. The third kappa shape index (κ3) is 3.74. The number of rotatable bonds is 5. The van der Waals surface area contributed by atoms with Crippen molar-refractivity contribution in [1.29, 1.82) is 5.26 Å². The van der Waals surface area contributed by atoms with Gasteiger partial charge in [0, 0.05) is 13.6 Å². The molecule has 9 nitrogen and oxygen atoms in total. The number of fused-ring (bicyclic) bond motifs is 1. The molecule has 136 valence electrons. The lowest BCUT2D eigenvalue weighted by Crippen LogP contribution is -2.45. The first-order chi connectivity index (χ1) is 12.5. The Balaban J connectivity index is 1.99. The average molecular weight is 355 g/mol. The molecule has 0 spiro atoms. The van der Waals surface area contributed by atoms with Gasteiger partial charge in [0.25, 0.3) is 0 Å². The molecule has 3 rings (SSSR count). The molecular weight excluding hydrogens is 334 g/mol. The number of carbonyl (C=O) groups is 1. The summed E-state index contributed by atoms with van der Waals surface area (Å²) in [6.07, 6.45) is 5.44. The van der Waals surface area contributed by atoms with Crippen molar-refractivity contribution in [2.75, 3.05) is 11.6 Å². The predicted molar refractivity (Wildman–Crippen MR) is 94.8 cm³/mol. The molecule has 1 aliphatic rings. The number of nitrogens with one attached hydrogen (secondary N) is 1. The predicted octanol–water partition coefficient (Wildman–Crippen LogP) is 2.41. The molecule has 1 aliphatic carbocycles. The summed E-state index contributed by atoms with van der Waals surface area (Å²) < 4.78 is 6.73. The van der Waals surface area contributed by atoms with Crippen LogP contribution in [0.1, 0.15) is 38.4 Å². The third-order valence-corrected chi connectivity index (χ3v) is 4.31. The SMILES string of the molecule is C=C(C)OC(=O)NN(CC1CCCC1)c1nc(C#N)nc2c1ncn2C. The molecule has 2 aromatic rings. The number of hydrogen-bond acceptors (Lipinski definition) is 7. The van der Waals surface area contributed by atoms with Gasteiger partial charge in [-0.3, -0.25) is 5.01 Å². The Hall–Kier alpha value is -3.15. The molecule has 0 unspecified atom stereocenters. The second kappa shape index (κ2) is 7.39. The number of nitrogens with zero attached hydrogens (tertiary/aromatic N) is 6. The fraction of sp³-hybridized carbons (Fsp3) is 0.471. The first-order valence-electron chi connectivity index (χ1n) is 8.48. The van der Waals surface area contributed by atoms with E-state index in [9.17, 15) is 10.1 Å². The van der Waals surface area contributed by atoms with E-state index in [0.29, 0.717) is 29.4 Å². The maximum atomic E-state index is 12.1. The molecule has 2 heterocycles. The maximum Gasteiger partial charge on any atom is 0.431 e. The molecule has 1 saturated carbocycles. The van der Waals surface area contributed by atoms with Crippen LogP contribution in [0.5, 0.6) is 0 Å². The van der Waals surface area contributed by atoms with Gasteiger partial charge in [0.05, 0.1) is 12.1 Å². The van der Waals surface area contributed by atoms with Crippen molar-refractivity contribution in [1.82, 2.24) is 24.9 Å². The first-order valence-corrected chi connectivity index (χ1v) is 8.48. The fourth-order valence-electron chi connectivity index (χ4n) is 3.16. The Labute approximate surface area is 151 Å². The number of aryl methyl sites for hydroxylation is 1. The van der Waals surface area contributed by atoms with E-state index >= 15 is 0 Å². The van der Waals surface area contributed by atoms with E-state index in [4.69, 9.17) is 4.74 Å². The highest BCUT2D eigenvalue weighted by molar-refractivity contribution is 5.85. The zero-order chi connectivity index (χ0) is 18.7. The van der Waals surface area contributed by atoms with Crippen molar-refractivity contribution >= 4 is 23.1 Å². The van der Waals surface area contributed by atoms with Crippen molar-refractivity contribution in [2.24, 2.45) is 13.0 Å². The fourth-order valence-corrected chi connectivity index (χ4v) is 3.16. The number of allylic oxidation sites excluding steroid dienone is 1. The van der Waals surface area contributed by atoms with Crippen molar-refractivity contribution < 1.29 is 9.53 Å². The van der Waals surface area contributed by atoms with Crippen molar-refractivity contribution in [3.63, 3.8) is 0 Å². The molecule has 0 aliphatic heterocycles. The Morgan fingerprint density at radius 3 is 2.88 bits per heavy atom. The van der Waals surface area contributed by atoms with E-state index in [1.807, 2.05) is 6.07 Å². The number of aromatic nitrogens is 4. The quantitative estimate of drug-likeness (QED) is 0.648. The molecule has 0 bridgehead atoms. The molecule has 9 heteroatoms. The summed E-state index contributed by atoms with van der Waals surface area (Å²) in [5.74, 6) is 1.10. The van der Waals surface area contributed by atoms with Crippen LogP contribution in [0.25, 0.3) is 11.2 Å². The van der Waals surface area contributed by atoms with Crippen LogP contribution in [-0.2, 0) is 11.8 Å². The van der Waals surface area contributed by atoms with Crippen LogP contribution in [0.3, 0.4) is 0 Å². The lowest BCUT2D eigenvalue weighted by Gasteiger charge is -2.26. The van der Waals surface area contributed by atoms with E-state index in [-0.39, 0.29) is 11.6 Å². The summed E-state index contributed by atoms with van der Waals surface area (Å²) in [5.41, 5.74) is 3.75. The van der Waals surface area contributed by atoms with E-state index in [2.05, 4.69) is 27.0 Å². The standard InChI is InChI=1S/C17H21N7O2/c1-11(2)26-17(25)22-24(9-12-6-4-5-7-12)16-14-15(23(3)10-19-14)20-13(8-18)21-16/h10,12H,1,4-7,9H2,2-3H3,(H,22,25). The zero-order valence-corrected chi connectivity index (χ0v) is 14.9. The highest BCUT2D eigenvalue weighted by Gasteiger charge is 2.25. The summed E-state index contributed by atoms with van der Waals surface area (Å²) in [6, 6.07) is 1.96. The van der Waals surface area contributed by atoms with Crippen molar-refractivity contribution in [3.05, 3.63) is 24.5 Å². The molecule has 26 heavy (non-hydrogen) atoms. The van der Waals surface area contributed by atoms with Gasteiger partial charge in [-0.05, 0) is 25.7 Å². The van der Waals surface area contributed by atoms with Crippen LogP contribution in [-0.4, -0.2) is 32.2 Å². The lowest BCUT2D eigenvalue weighted by atomic mass is 10.1. The molecule has 0 atom stereocenters. The number of carbonyl (C=O) groups excluding carboxylic acids is 1. The van der Waals surface area contributed by atoms with E-state index in [1.165, 1.54) is 12.8 Å². The Bertz CT molecular complexity index is 877. The minimum Gasteiger partial charge on any atom is -0.415 e. The van der Waals surface area contributed by atoms with Crippen molar-refractivity contribution in [2.45, 2.75) is 32.6 Å². The Morgan fingerprint density at radius 2 is 2.23 bits per heavy atom. The molecule has 0 radical (unpaired) electrons. The van der Waals surface area contributed by atoms with Gasteiger partial charge < -0.3 is 9.30 Å². The number of nitriles is 1. The number of amides is 1. The smallest absolute Gasteiger partial charge is 0.415 e. The van der Waals surface area contributed by atoms with Crippen LogP contribution in [0, 0.1) is 17.2 Å². The number of hydrogen-bond donors (Lipinski definition) is 1. The van der Waals surface area contributed by atoms with Gasteiger partial charge in [-0.2, -0.15) is 15.2 Å². The molecule has 1 fully saturated rings. The van der Waals surface area contributed by atoms with Crippen molar-refractivity contribution in [3.8, 4) is 6.07 Å². The normalized spacial score (nSPS) is 14.2. The van der Waals surface area contributed by atoms with E-state index < -0.39 is 6.09 Å². The van der Waals surface area contributed by atoms with Gasteiger partial charge in [-0.1, -0.05) is 19.4 Å². The Kier molecular flexibility index (Phi) is 5.02. The van der Waals surface area contributed by atoms with E-state index in [0.717, 1.165) is 12.8 Å². The minimum absolute atomic E-state index is 0.0163. The van der Waals surface area contributed by atoms with Crippen LogP contribution in [0.15, 0.2) is 18.7 Å². The highest BCUT2D eigenvalue weighted by Crippen LogP contribution is 2.28. The molecule has 1 amide bonds. The monoisotopic (exact) mass is 355 g/mol. The second-order valence-electron chi connectivity index (χ2n) is 6.47. The van der Waals surface area contributed by atoms with Crippen LogP contribution in [0.2, 0.25) is 0 Å². The summed E-state index contributed by atoms with van der Waals surface area (Å²) in [7, 11) is 1.79. The molecule has 0 saturated heterocycles. The van der Waals surface area contributed by atoms with Gasteiger partial charge in [0.15, 0.2) is 17.0 Å². The minimum atomic E-state index is -0.656. The molecule has 2 aromatic heterocycles. The number of imidazole rings is 1. The number of ether oxygens (including phenoxy) is 1. The molecule has 1 N–H and O–H groups in total. The lowest BCUT2D eigenvalue weighted by molar-refractivity contribution is 0.175. The topological polar surface area (TPSA) is 109 Å². The van der Waals surface area contributed by atoms with Gasteiger partial charge in [-0.25, -0.2) is 15.2 Å². The van der Waals surface area contributed by atoms with Gasteiger partial charge >= 0.3 is 6.09 Å². The van der Waals surface area contributed by atoms with E-state index in [1.54, 1.807) is 29.9 Å².